The number of anilines is 1. The SMILES string of the molecule is COc1cc(/C=C2\C(=O)NC(=O)N(c3cc(Cl)ccc3C)C2=O)ccc1OCc1ccccc1F. The number of nitrogens with one attached hydrogen (secondary N) is 1. The molecule has 178 valence electrons. The Bertz CT molecular complexity index is 1370. The smallest absolute Gasteiger partial charge is 0.335 e. The van der Waals surface area contributed by atoms with Crippen LogP contribution in [0.1, 0.15) is 16.7 Å². The number of urea groups is 1. The van der Waals surface area contributed by atoms with Gasteiger partial charge in [0.2, 0.25) is 0 Å². The van der Waals surface area contributed by atoms with Crippen LogP contribution >= 0.6 is 11.6 Å². The Morgan fingerprint density at radius 2 is 1.80 bits per heavy atom. The molecule has 1 N–H and O–H groups in total. The van der Waals surface area contributed by atoms with Crippen LogP contribution in [0.15, 0.2) is 66.2 Å². The summed E-state index contributed by atoms with van der Waals surface area (Å²) in [4.78, 5) is 39.0. The van der Waals surface area contributed by atoms with Crippen molar-refractivity contribution in [2.45, 2.75) is 13.5 Å². The summed E-state index contributed by atoms with van der Waals surface area (Å²) in [6.07, 6.45) is 1.35. The number of imide groups is 2. The number of hydrogen-bond acceptors (Lipinski definition) is 5. The second-order valence-electron chi connectivity index (χ2n) is 7.68. The lowest BCUT2D eigenvalue weighted by atomic mass is 10.1. The van der Waals surface area contributed by atoms with Crippen molar-refractivity contribution in [3.8, 4) is 11.5 Å². The number of carbonyl (C=O) groups is 3. The van der Waals surface area contributed by atoms with Gasteiger partial charge in [-0.25, -0.2) is 14.1 Å². The topological polar surface area (TPSA) is 84.9 Å². The molecule has 1 aliphatic rings. The Hall–Kier alpha value is -4.17. The van der Waals surface area contributed by atoms with E-state index in [-0.39, 0.29) is 23.7 Å². The van der Waals surface area contributed by atoms with Crippen LogP contribution in [0.3, 0.4) is 0 Å². The zero-order valence-electron chi connectivity index (χ0n) is 18.8. The summed E-state index contributed by atoms with van der Waals surface area (Å²) >= 11 is 6.05. The Morgan fingerprint density at radius 3 is 2.54 bits per heavy atom. The van der Waals surface area contributed by atoms with Gasteiger partial charge >= 0.3 is 6.03 Å². The molecule has 9 heteroatoms. The summed E-state index contributed by atoms with van der Waals surface area (Å²) < 4.78 is 24.9. The molecule has 1 fully saturated rings. The molecule has 3 aromatic rings. The molecule has 4 rings (SSSR count). The van der Waals surface area contributed by atoms with Crippen LogP contribution in [0.25, 0.3) is 6.08 Å². The highest BCUT2D eigenvalue weighted by atomic mass is 35.5. The lowest BCUT2D eigenvalue weighted by Crippen LogP contribution is -2.54. The van der Waals surface area contributed by atoms with Gasteiger partial charge in [0.15, 0.2) is 11.5 Å². The number of halogens is 2. The summed E-state index contributed by atoms with van der Waals surface area (Å²) in [6, 6.07) is 14.9. The van der Waals surface area contributed by atoms with E-state index >= 15 is 0 Å². The fourth-order valence-corrected chi connectivity index (χ4v) is 3.70. The lowest BCUT2D eigenvalue weighted by molar-refractivity contribution is -0.122. The molecule has 0 aliphatic carbocycles. The molecule has 3 aromatic carbocycles. The Morgan fingerprint density at radius 1 is 1.03 bits per heavy atom. The van der Waals surface area contributed by atoms with Gasteiger partial charge in [-0.05, 0) is 54.5 Å². The second kappa shape index (κ2) is 9.99. The summed E-state index contributed by atoms with van der Waals surface area (Å²) in [5.74, 6) is -1.33. The molecule has 0 atom stereocenters. The number of nitrogens with zero attached hydrogens (tertiary/aromatic N) is 1. The van der Waals surface area contributed by atoms with Crippen molar-refractivity contribution < 1.29 is 28.2 Å². The molecule has 7 nitrogen and oxygen atoms in total. The molecule has 1 aliphatic heterocycles. The standard InChI is InChI=1S/C26H20ClFN2O5/c1-15-7-9-18(27)13-21(15)30-25(32)19(24(31)29-26(30)33)11-16-8-10-22(23(12-16)34-2)35-14-17-5-3-4-6-20(17)28/h3-13H,14H2,1-2H3,(H,29,31,33)/b19-11+. The minimum atomic E-state index is -0.864. The molecular weight excluding hydrogens is 475 g/mol. The Kier molecular flexibility index (Phi) is 6.84. The molecule has 1 heterocycles. The first kappa shape index (κ1) is 24.0. The maximum atomic E-state index is 13.9. The maximum absolute atomic E-state index is 13.9. The van der Waals surface area contributed by atoms with Gasteiger partial charge in [0.05, 0.1) is 12.8 Å². The summed E-state index contributed by atoms with van der Waals surface area (Å²) in [7, 11) is 1.43. The van der Waals surface area contributed by atoms with Crippen LogP contribution < -0.4 is 19.7 Å². The minimum Gasteiger partial charge on any atom is -0.493 e. The van der Waals surface area contributed by atoms with E-state index in [1.165, 1.54) is 25.3 Å². The van der Waals surface area contributed by atoms with Gasteiger partial charge in [-0.1, -0.05) is 41.9 Å². The molecule has 0 unspecified atom stereocenters. The highest BCUT2D eigenvalue weighted by Gasteiger charge is 2.37. The fraction of sp³-hybridized carbons (Fsp3) is 0.115. The first-order valence-electron chi connectivity index (χ1n) is 10.5. The summed E-state index contributed by atoms with van der Waals surface area (Å²) in [6.45, 7) is 1.71. The third-order valence-electron chi connectivity index (χ3n) is 5.35. The van der Waals surface area contributed by atoms with E-state index in [0.717, 1.165) is 4.90 Å². The monoisotopic (exact) mass is 494 g/mol. The zero-order valence-corrected chi connectivity index (χ0v) is 19.6. The van der Waals surface area contributed by atoms with Gasteiger partial charge in [0.25, 0.3) is 11.8 Å². The van der Waals surface area contributed by atoms with E-state index in [1.54, 1.807) is 55.5 Å². The molecular formula is C26H20ClFN2O5. The molecule has 4 amide bonds. The molecule has 0 aromatic heterocycles. The number of methoxy groups -OCH3 is 1. The number of amides is 4. The molecule has 0 spiro atoms. The second-order valence-corrected chi connectivity index (χ2v) is 8.12. The normalized spacial score (nSPS) is 14.8. The van der Waals surface area contributed by atoms with Gasteiger partial charge in [0.1, 0.15) is 18.0 Å². The number of hydrogen-bond donors (Lipinski definition) is 1. The molecule has 35 heavy (non-hydrogen) atoms. The van der Waals surface area contributed by atoms with Crippen molar-refractivity contribution in [3.05, 3.63) is 93.8 Å². The van der Waals surface area contributed by atoms with Crippen molar-refractivity contribution in [1.29, 1.82) is 0 Å². The van der Waals surface area contributed by atoms with Crippen LogP contribution in [-0.2, 0) is 16.2 Å². The van der Waals surface area contributed by atoms with Crippen LogP contribution in [-0.4, -0.2) is 25.0 Å². The van der Waals surface area contributed by atoms with E-state index < -0.39 is 17.8 Å². The van der Waals surface area contributed by atoms with E-state index in [4.69, 9.17) is 21.1 Å². The van der Waals surface area contributed by atoms with Crippen LogP contribution in [0.5, 0.6) is 11.5 Å². The van der Waals surface area contributed by atoms with E-state index in [9.17, 15) is 18.8 Å². The van der Waals surface area contributed by atoms with E-state index in [0.29, 0.717) is 33.2 Å². The van der Waals surface area contributed by atoms with Crippen molar-refractivity contribution in [2.75, 3.05) is 12.0 Å². The number of ether oxygens (including phenoxy) is 2. The number of rotatable bonds is 6. The molecule has 1 saturated heterocycles. The third-order valence-corrected chi connectivity index (χ3v) is 5.59. The van der Waals surface area contributed by atoms with Gasteiger partial charge < -0.3 is 9.47 Å². The third kappa shape index (κ3) is 5.02. The highest BCUT2D eigenvalue weighted by molar-refractivity contribution is 6.39. The number of benzene rings is 3. The van der Waals surface area contributed by atoms with Crippen LogP contribution in [0.2, 0.25) is 5.02 Å². The van der Waals surface area contributed by atoms with E-state index in [1.807, 2.05) is 0 Å². The quantitative estimate of drug-likeness (QED) is 0.383. The average Bonchev–Trinajstić information content (AvgIpc) is 2.83. The summed E-state index contributed by atoms with van der Waals surface area (Å²) in [5.41, 5.74) is 1.49. The predicted molar refractivity (Wildman–Crippen MR) is 129 cm³/mol. The highest BCUT2D eigenvalue weighted by Crippen LogP contribution is 2.31. The van der Waals surface area contributed by atoms with Gasteiger partial charge in [0, 0.05) is 10.6 Å². The minimum absolute atomic E-state index is 0.0135. The number of carbonyl (C=O) groups excluding carboxylic acids is 3. The van der Waals surface area contributed by atoms with Crippen molar-refractivity contribution in [3.63, 3.8) is 0 Å². The van der Waals surface area contributed by atoms with Crippen LogP contribution in [0.4, 0.5) is 14.9 Å². The van der Waals surface area contributed by atoms with Crippen LogP contribution in [0, 0.1) is 12.7 Å². The number of barbiturate groups is 1. The predicted octanol–water partition coefficient (Wildman–Crippen LogP) is 5.04. The Balaban J connectivity index is 1.62. The Labute approximate surface area is 205 Å². The largest absolute Gasteiger partial charge is 0.493 e. The van der Waals surface area contributed by atoms with Gasteiger partial charge in [-0.3, -0.25) is 14.9 Å². The summed E-state index contributed by atoms with van der Waals surface area (Å²) in [5, 5.41) is 2.52. The maximum Gasteiger partial charge on any atom is 0.335 e. The van der Waals surface area contributed by atoms with Crippen molar-refractivity contribution in [1.82, 2.24) is 5.32 Å². The van der Waals surface area contributed by atoms with E-state index in [2.05, 4.69) is 5.32 Å². The first-order chi connectivity index (χ1) is 16.8. The molecule has 0 radical (unpaired) electrons. The molecule has 0 saturated carbocycles. The van der Waals surface area contributed by atoms with Gasteiger partial charge in [-0.2, -0.15) is 0 Å². The average molecular weight is 495 g/mol. The zero-order chi connectivity index (χ0) is 25.1. The number of aryl methyl sites for hydroxylation is 1. The lowest BCUT2D eigenvalue weighted by Gasteiger charge is -2.27. The first-order valence-corrected chi connectivity index (χ1v) is 10.9. The molecule has 0 bridgehead atoms. The van der Waals surface area contributed by atoms with Crippen molar-refractivity contribution in [2.24, 2.45) is 0 Å². The van der Waals surface area contributed by atoms with Gasteiger partial charge in [-0.15, -0.1) is 0 Å². The fourth-order valence-electron chi connectivity index (χ4n) is 3.53. The van der Waals surface area contributed by atoms with Crippen molar-refractivity contribution >= 4 is 41.2 Å².